The van der Waals surface area contributed by atoms with Crippen LogP contribution in [0.1, 0.15) is 65.7 Å². The van der Waals surface area contributed by atoms with Crippen LogP contribution >= 0.6 is 0 Å². The molecule has 1 saturated carbocycles. The molecule has 1 saturated heterocycles. The first-order chi connectivity index (χ1) is 14.5. The summed E-state index contributed by atoms with van der Waals surface area (Å²) in [5, 5.41) is 3.09. The summed E-state index contributed by atoms with van der Waals surface area (Å²) in [6.45, 7) is 11.3. The van der Waals surface area contributed by atoms with Gasteiger partial charge in [-0.25, -0.2) is 0 Å². The van der Waals surface area contributed by atoms with E-state index in [0.29, 0.717) is 19.1 Å². The number of piperidine rings is 1. The van der Waals surface area contributed by atoms with Crippen molar-refractivity contribution in [3.05, 3.63) is 24.3 Å². The van der Waals surface area contributed by atoms with Crippen LogP contribution in [0.2, 0.25) is 0 Å². The predicted molar refractivity (Wildman–Crippen MR) is 122 cm³/mol. The summed E-state index contributed by atoms with van der Waals surface area (Å²) >= 11 is 0. The molecule has 168 valence electrons. The van der Waals surface area contributed by atoms with Gasteiger partial charge < -0.3 is 14.8 Å². The lowest BCUT2D eigenvalue weighted by Crippen LogP contribution is -2.48. The summed E-state index contributed by atoms with van der Waals surface area (Å²) in [4.78, 5) is 15.6. The molecule has 1 aromatic carbocycles. The van der Waals surface area contributed by atoms with Crippen molar-refractivity contribution in [3.63, 3.8) is 0 Å². The molecular weight excluding hydrogens is 376 g/mol. The lowest BCUT2D eigenvalue weighted by atomic mass is 9.78. The van der Waals surface area contributed by atoms with Crippen molar-refractivity contribution in [3.8, 4) is 5.75 Å². The zero-order valence-electron chi connectivity index (χ0n) is 19.1. The fourth-order valence-electron chi connectivity index (χ4n) is 4.66. The molecule has 1 heterocycles. The standard InChI is InChI=1S/C25H40N2O3/c1-4-17-30-25(13-5-6-21(3)19-25)24(28)26-22-7-9-23(10-8-22)29-18-16-27-14-11-20(2)12-15-27/h7-10,20-21H,4-6,11-19H2,1-3H3,(H,26,28)/t21-,25+/m1/s1. The van der Waals surface area contributed by atoms with Crippen molar-refractivity contribution in [1.29, 1.82) is 0 Å². The van der Waals surface area contributed by atoms with Crippen molar-refractivity contribution in [2.24, 2.45) is 11.8 Å². The first kappa shape index (κ1) is 23.1. The number of rotatable bonds is 9. The van der Waals surface area contributed by atoms with Crippen LogP contribution in [0.4, 0.5) is 5.69 Å². The predicted octanol–water partition coefficient (Wildman–Crippen LogP) is 5.11. The second-order valence-corrected chi connectivity index (χ2v) is 9.40. The van der Waals surface area contributed by atoms with E-state index >= 15 is 0 Å². The van der Waals surface area contributed by atoms with Gasteiger partial charge >= 0.3 is 0 Å². The van der Waals surface area contributed by atoms with E-state index in [1.165, 1.54) is 32.4 Å². The number of likely N-dealkylation sites (tertiary alicyclic amines) is 1. The van der Waals surface area contributed by atoms with Gasteiger partial charge in [-0.1, -0.05) is 27.2 Å². The van der Waals surface area contributed by atoms with Gasteiger partial charge in [0.1, 0.15) is 18.0 Å². The van der Waals surface area contributed by atoms with Gasteiger partial charge in [0.2, 0.25) is 0 Å². The second-order valence-electron chi connectivity index (χ2n) is 9.40. The van der Waals surface area contributed by atoms with E-state index in [0.717, 1.165) is 49.6 Å². The summed E-state index contributed by atoms with van der Waals surface area (Å²) in [6.07, 6.45) is 7.32. The van der Waals surface area contributed by atoms with Crippen molar-refractivity contribution >= 4 is 11.6 Å². The third-order valence-corrected chi connectivity index (χ3v) is 6.62. The molecule has 0 spiro atoms. The molecule has 3 rings (SSSR count). The quantitative estimate of drug-likeness (QED) is 0.608. The van der Waals surface area contributed by atoms with E-state index < -0.39 is 5.60 Å². The lowest BCUT2D eigenvalue weighted by Gasteiger charge is -2.38. The molecule has 0 unspecified atom stereocenters. The van der Waals surface area contributed by atoms with Crippen LogP contribution < -0.4 is 10.1 Å². The molecule has 5 heteroatoms. The van der Waals surface area contributed by atoms with E-state index in [4.69, 9.17) is 9.47 Å². The maximum absolute atomic E-state index is 13.1. The molecule has 1 amide bonds. The summed E-state index contributed by atoms with van der Waals surface area (Å²) in [7, 11) is 0. The third-order valence-electron chi connectivity index (χ3n) is 6.62. The highest BCUT2D eigenvalue weighted by atomic mass is 16.5. The van der Waals surface area contributed by atoms with Gasteiger partial charge in [-0.05, 0) is 87.7 Å². The number of amides is 1. The van der Waals surface area contributed by atoms with Crippen LogP contribution in [0, 0.1) is 11.8 Å². The van der Waals surface area contributed by atoms with Crippen molar-refractivity contribution in [1.82, 2.24) is 4.90 Å². The molecule has 1 aromatic rings. The maximum atomic E-state index is 13.1. The summed E-state index contributed by atoms with van der Waals surface area (Å²) in [5.74, 6) is 2.21. The molecule has 1 N–H and O–H groups in total. The van der Waals surface area contributed by atoms with Crippen LogP contribution in [-0.4, -0.2) is 49.3 Å². The van der Waals surface area contributed by atoms with Crippen LogP contribution in [0.5, 0.6) is 5.75 Å². The summed E-state index contributed by atoms with van der Waals surface area (Å²) in [6, 6.07) is 7.74. The Hall–Kier alpha value is -1.59. The number of ether oxygens (including phenoxy) is 2. The highest BCUT2D eigenvalue weighted by molar-refractivity contribution is 5.97. The number of nitrogens with one attached hydrogen (secondary N) is 1. The van der Waals surface area contributed by atoms with E-state index in [2.05, 4.69) is 31.0 Å². The van der Waals surface area contributed by atoms with E-state index in [1.807, 2.05) is 24.3 Å². The zero-order chi connectivity index (χ0) is 21.4. The second kappa shape index (κ2) is 11.1. The Morgan fingerprint density at radius 3 is 2.50 bits per heavy atom. The van der Waals surface area contributed by atoms with E-state index in [1.54, 1.807) is 0 Å². The fourth-order valence-corrected chi connectivity index (χ4v) is 4.66. The third kappa shape index (κ3) is 6.45. The van der Waals surface area contributed by atoms with Crippen LogP contribution in [0.15, 0.2) is 24.3 Å². The fraction of sp³-hybridized carbons (Fsp3) is 0.720. The Morgan fingerprint density at radius 2 is 1.83 bits per heavy atom. The van der Waals surface area contributed by atoms with Crippen molar-refractivity contribution < 1.29 is 14.3 Å². The first-order valence-corrected chi connectivity index (χ1v) is 11.9. The molecular formula is C25H40N2O3. The molecule has 2 fully saturated rings. The van der Waals surface area contributed by atoms with Crippen LogP contribution in [-0.2, 0) is 9.53 Å². The number of hydrogen-bond acceptors (Lipinski definition) is 4. The van der Waals surface area contributed by atoms with Gasteiger partial charge in [-0.3, -0.25) is 9.69 Å². The Bertz CT molecular complexity index is 655. The number of nitrogens with zero attached hydrogens (tertiary/aromatic N) is 1. The number of benzene rings is 1. The Kier molecular flexibility index (Phi) is 8.58. The largest absolute Gasteiger partial charge is 0.492 e. The van der Waals surface area contributed by atoms with Gasteiger partial charge in [0, 0.05) is 18.8 Å². The van der Waals surface area contributed by atoms with Crippen LogP contribution in [0.25, 0.3) is 0 Å². The van der Waals surface area contributed by atoms with E-state index in [9.17, 15) is 4.79 Å². The minimum atomic E-state index is -0.686. The average molecular weight is 417 g/mol. The number of carbonyl (C=O) groups excluding carboxylic acids is 1. The van der Waals surface area contributed by atoms with Crippen molar-refractivity contribution in [2.75, 3.05) is 38.2 Å². The minimum Gasteiger partial charge on any atom is -0.492 e. The Balaban J connectivity index is 1.49. The van der Waals surface area contributed by atoms with Gasteiger partial charge in [0.15, 0.2) is 0 Å². The van der Waals surface area contributed by atoms with Gasteiger partial charge in [0.25, 0.3) is 5.91 Å². The molecule has 1 aliphatic heterocycles. The molecule has 0 radical (unpaired) electrons. The van der Waals surface area contributed by atoms with Gasteiger partial charge in [-0.2, -0.15) is 0 Å². The first-order valence-electron chi connectivity index (χ1n) is 11.9. The number of carbonyl (C=O) groups is 1. The molecule has 5 nitrogen and oxygen atoms in total. The monoisotopic (exact) mass is 416 g/mol. The topological polar surface area (TPSA) is 50.8 Å². The van der Waals surface area contributed by atoms with E-state index in [-0.39, 0.29) is 5.91 Å². The smallest absolute Gasteiger partial charge is 0.256 e. The summed E-state index contributed by atoms with van der Waals surface area (Å²) in [5.41, 5.74) is 0.115. The summed E-state index contributed by atoms with van der Waals surface area (Å²) < 4.78 is 12.0. The molecule has 1 aliphatic carbocycles. The minimum absolute atomic E-state index is 0.00417. The van der Waals surface area contributed by atoms with Crippen molar-refractivity contribution in [2.45, 2.75) is 71.3 Å². The van der Waals surface area contributed by atoms with Gasteiger partial charge in [-0.15, -0.1) is 0 Å². The average Bonchev–Trinajstić information content (AvgIpc) is 2.75. The highest BCUT2D eigenvalue weighted by Crippen LogP contribution is 2.36. The SMILES string of the molecule is CCCO[C@@]1(C(=O)Nc2ccc(OCCN3CCC(C)CC3)cc2)CCC[C@@H](C)C1. The molecule has 0 aromatic heterocycles. The lowest BCUT2D eigenvalue weighted by molar-refractivity contribution is -0.148. The van der Waals surface area contributed by atoms with Gasteiger partial charge in [0.05, 0.1) is 0 Å². The maximum Gasteiger partial charge on any atom is 0.256 e. The zero-order valence-corrected chi connectivity index (χ0v) is 19.1. The molecule has 0 bridgehead atoms. The Morgan fingerprint density at radius 1 is 1.10 bits per heavy atom. The molecule has 30 heavy (non-hydrogen) atoms. The normalized spacial score (nSPS) is 25.8. The Labute approximate surface area is 182 Å². The molecule has 2 atom stereocenters. The number of hydrogen-bond donors (Lipinski definition) is 1. The highest BCUT2D eigenvalue weighted by Gasteiger charge is 2.42. The number of anilines is 1. The van der Waals surface area contributed by atoms with Crippen LogP contribution in [0.3, 0.4) is 0 Å². The molecule has 2 aliphatic rings.